The smallest absolute Gasteiger partial charge is 0.126 e. The molecule has 1 N–H and O–H groups in total. The van der Waals surface area contributed by atoms with Gasteiger partial charge in [0.1, 0.15) is 12.6 Å². The first-order valence-electron chi connectivity index (χ1n) is 4.29. The number of aliphatic hydroxyl groups is 1. The molecule has 0 aromatic rings. The van der Waals surface area contributed by atoms with Gasteiger partial charge in [-0.15, -0.1) is 0 Å². The first-order valence-corrected chi connectivity index (χ1v) is 4.29. The number of carbonyl (C=O) groups excluding carboxylic acids is 2. The van der Waals surface area contributed by atoms with E-state index >= 15 is 0 Å². The zero-order valence-corrected chi connectivity index (χ0v) is 7.14. The number of aliphatic hydroxyl groups excluding tert-OH is 1. The highest BCUT2D eigenvalue weighted by Gasteiger charge is 2.35. The lowest BCUT2D eigenvalue weighted by molar-refractivity contribution is -0.128. The van der Waals surface area contributed by atoms with Gasteiger partial charge >= 0.3 is 0 Å². The second-order valence-corrected chi connectivity index (χ2v) is 3.56. The van der Waals surface area contributed by atoms with E-state index in [2.05, 4.69) is 0 Å². The van der Waals surface area contributed by atoms with Crippen LogP contribution in [0.15, 0.2) is 0 Å². The molecule has 0 radical (unpaired) electrons. The summed E-state index contributed by atoms with van der Waals surface area (Å²) in [5.74, 6) is -0.614. The van der Waals surface area contributed by atoms with Crippen LogP contribution in [-0.2, 0) is 9.59 Å². The molecule has 0 bridgehead atoms. The summed E-state index contributed by atoms with van der Waals surface area (Å²) < 4.78 is 0. The van der Waals surface area contributed by atoms with Crippen molar-refractivity contribution in [2.45, 2.75) is 25.9 Å². The van der Waals surface area contributed by atoms with Crippen LogP contribution in [0, 0.1) is 17.8 Å². The van der Waals surface area contributed by atoms with Crippen LogP contribution in [-0.4, -0.2) is 23.8 Å². The van der Waals surface area contributed by atoms with Gasteiger partial charge in [0, 0.05) is 5.92 Å². The quantitative estimate of drug-likeness (QED) is 0.610. The lowest BCUT2D eigenvalue weighted by Gasteiger charge is -2.33. The standard InChI is InChI=1S/C9H14O3/c1-6-2-3-7(4-10)8(5-11)9(6)12/h4-9,12H,2-3H2,1H3. The van der Waals surface area contributed by atoms with E-state index in [0.717, 1.165) is 19.1 Å². The molecule has 0 aromatic heterocycles. The summed E-state index contributed by atoms with van der Waals surface area (Å²) in [6, 6.07) is 0. The van der Waals surface area contributed by atoms with Crippen LogP contribution in [0.5, 0.6) is 0 Å². The van der Waals surface area contributed by atoms with Gasteiger partial charge in [-0.3, -0.25) is 0 Å². The zero-order valence-electron chi connectivity index (χ0n) is 7.14. The molecule has 0 aromatic carbocycles. The Labute approximate surface area is 71.8 Å². The molecule has 1 fully saturated rings. The Morgan fingerprint density at radius 3 is 2.42 bits per heavy atom. The van der Waals surface area contributed by atoms with Gasteiger partial charge in [-0.1, -0.05) is 6.92 Å². The maximum atomic E-state index is 10.6. The van der Waals surface area contributed by atoms with Gasteiger partial charge in [0.15, 0.2) is 0 Å². The van der Waals surface area contributed by atoms with Crippen LogP contribution in [0.2, 0.25) is 0 Å². The fourth-order valence-electron chi connectivity index (χ4n) is 1.79. The summed E-state index contributed by atoms with van der Waals surface area (Å²) in [4.78, 5) is 21.1. The van der Waals surface area contributed by atoms with Crippen molar-refractivity contribution in [3.8, 4) is 0 Å². The Bertz CT molecular complexity index is 179. The number of hydrogen-bond acceptors (Lipinski definition) is 3. The molecule has 0 aliphatic heterocycles. The minimum Gasteiger partial charge on any atom is -0.392 e. The van der Waals surface area contributed by atoms with Crippen LogP contribution in [0.3, 0.4) is 0 Å². The van der Waals surface area contributed by atoms with E-state index in [1.807, 2.05) is 6.92 Å². The minimum atomic E-state index is -0.633. The fraction of sp³-hybridized carbons (Fsp3) is 0.778. The van der Waals surface area contributed by atoms with Crippen LogP contribution in [0.4, 0.5) is 0 Å². The zero-order chi connectivity index (χ0) is 9.14. The Hall–Kier alpha value is -0.700. The molecule has 1 aliphatic carbocycles. The van der Waals surface area contributed by atoms with Gasteiger partial charge in [-0.25, -0.2) is 0 Å². The summed E-state index contributed by atoms with van der Waals surface area (Å²) in [7, 11) is 0. The number of carbonyl (C=O) groups is 2. The van der Waals surface area contributed by atoms with Crippen molar-refractivity contribution < 1.29 is 14.7 Å². The topological polar surface area (TPSA) is 54.4 Å². The highest BCUT2D eigenvalue weighted by Crippen LogP contribution is 2.31. The summed E-state index contributed by atoms with van der Waals surface area (Å²) in [5, 5.41) is 9.55. The minimum absolute atomic E-state index is 0.136. The molecule has 1 rings (SSSR count). The first-order chi connectivity index (χ1) is 5.70. The predicted octanol–water partition coefficient (Wildman–Crippen LogP) is 0.407. The van der Waals surface area contributed by atoms with Crippen LogP contribution >= 0.6 is 0 Å². The summed E-state index contributed by atoms with van der Waals surface area (Å²) in [6.07, 6.45) is 2.42. The lowest BCUT2D eigenvalue weighted by atomic mass is 9.74. The van der Waals surface area contributed by atoms with Crippen LogP contribution < -0.4 is 0 Å². The molecule has 4 unspecified atom stereocenters. The molecule has 1 aliphatic rings. The Morgan fingerprint density at radius 1 is 1.25 bits per heavy atom. The second kappa shape index (κ2) is 3.81. The molecule has 0 spiro atoms. The number of rotatable bonds is 2. The normalized spacial score (nSPS) is 42.2. The van der Waals surface area contributed by atoms with Gasteiger partial charge in [0.05, 0.1) is 12.0 Å². The van der Waals surface area contributed by atoms with Crippen molar-refractivity contribution in [3.05, 3.63) is 0 Å². The average Bonchev–Trinajstić information content (AvgIpc) is 2.09. The molecule has 0 amide bonds. The van der Waals surface area contributed by atoms with Gasteiger partial charge in [-0.2, -0.15) is 0 Å². The highest BCUT2D eigenvalue weighted by molar-refractivity contribution is 5.65. The van der Waals surface area contributed by atoms with Crippen molar-refractivity contribution in [2.75, 3.05) is 0 Å². The van der Waals surface area contributed by atoms with Gasteiger partial charge in [0.25, 0.3) is 0 Å². The molecule has 1 saturated carbocycles. The summed E-state index contributed by atoms with van der Waals surface area (Å²) >= 11 is 0. The van der Waals surface area contributed by atoms with Crippen molar-refractivity contribution in [2.24, 2.45) is 17.8 Å². The molecule has 3 heteroatoms. The number of hydrogen-bond donors (Lipinski definition) is 1. The van der Waals surface area contributed by atoms with E-state index in [9.17, 15) is 14.7 Å². The van der Waals surface area contributed by atoms with E-state index < -0.39 is 12.0 Å². The molecular formula is C9H14O3. The summed E-state index contributed by atoms with van der Waals surface area (Å²) in [5.41, 5.74) is 0. The third-order valence-electron chi connectivity index (χ3n) is 2.76. The van der Waals surface area contributed by atoms with Crippen molar-refractivity contribution in [1.29, 1.82) is 0 Å². The third-order valence-corrected chi connectivity index (χ3v) is 2.76. The monoisotopic (exact) mass is 170 g/mol. The molecular weight excluding hydrogens is 156 g/mol. The maximum Gasteiger partial charge on any atom is 0.126 e. The van der Waals surface area contributed by atoms with E-state index in [1.54, 1.807) is 0 Å². The molecule has 0 heterocycles. The van der Waals surface area contributed by atoms with Gasteiger partial charge < -0.3 is 14.7 Å². The second-order valence-electron chi connectivity index (χ2n) is 3.56. The summed E-state index contributed by atoms with van der Waals surface area (Å²) in [6.45, 7) is 1.90. The lowest BCUT2D eigenvalue weighted by Crippen LogP contribution is -2.39. The van der Waals surface area contributed by atoms with E-state index in [1.165, 1.54) is 0 Å². The van der Waals surface area contributed by atoms with Crippen molar-refractivity contribution >= 4 is 12.6 Å². The fourth-order valence-corrected chi connectivity index (χ4v) is 1.79. The van der Waals surface area contributed by atoms with Gasteiger partial charge in [-0.05, 0) is 18.8 Å². The molecule has 3 nitrogen and oxygen atoms in total. The van der Waals surface area contributed by atoms with Crippen molar-refractivity contribution in [1.82, 2.24) is 0 Å². The molecule has 68 valence electrons. The van der Waals surface area contributed by atoms with Gasteiger partial charge in [0.2, 0.25) is 0 Å². The highest BCUT2D eigenvalue weighted by atomic mass is 16.3. The molecule has 12 heavy (non-hydrogen) atoms. The largest absolute Gasteiger partial charge is 0.392 e. The third kappa shape index (κ3) is 1.55. The Kier molecular flexibility index (Phi) is 2.98. The Balaban J connectivity index is 2.70. The molecule has 0 saturated heterocycles. The van der Waals surface area contributed by atoms with E-state index in [0.29, 0.717) is 6.29 Å². The maximum absolute atomic E-state index is 10.6. The SMILES string of the molecule is CC1CCC(C=O)C(C=O)C1O. The average molecular weight is 170 g/mol. The van der Waals surface area contributed by atoms with Crippen LogP contribution in [0.25, 0.3) is 0 Å². The first kappa shape index (κ1) is 9.39. The van der Waals surface area contributed by atoms with Crippen molar-refractivity contribution in [3.63, 3.8) is 0 Å². The van der Waals surface area contributed by atoms with E-state index in [-0.39, 0.29) is 11.8 Å². The predicted molar refractivity (Wildman–Crippen MR) is 43.5 cm³/mol. The van der Waals surface area contributed by atoms with Crippen LogP contribution in [0.1, 0.15) is 19.8 Å². The van der Waals surface area contributed by atoms with E-state index in [4.69, 9.17) is 0 Å². The Morgan fingerprint density at radius 2 is 1.92 bits per heavy atom. The molecule has 4 atom stereocenters. The number of aldehydes is 2.